The second kappa shape index (κ2) is 6.41. The third-order valence-electron chi connectivity index (χ3n) is 2.60. The summed E-state index contributed by atoms with van der Waals surface area (Å²) in [5.41, 5.74) is 0. The van der Waals surface area contributed by atoms with Crippen molar-refractivity contribution in [3.05, 3.63) is 0 Å². The Hall–Kier alpha value is -1.34. The molecule has 1 aliphatic rings. The molecule has 4 N–H and O–H groups in total. The Balaban J connectivity index is 2.51. The number of carbonyl (C=O) groups excluding carboxylic acids is 1. The Morgan fingerprint density at radius 2 is 1.94 bits per heavy atom. The van der Waals surface area contributed by atoms with Crippen molar-refractivity contribution in [3.8, 4) is 0 Å². The average molecular weight is 246 g/mol. The van der Waals surface area contributed by atoms with Gasteiger partial charge in [-0.2, -0.15) is 0 Å². The number of nitrogens with zero attached hydrogens (tertiary/aromatic N) is 1. The van der Waals surface area contributed by atoms with Crippen LogP contribution in [-0.4, -0.2) is 64.1 Å². The van der Waals surface area contributed by atoms with Gasteiger partial charge < -0.3 is 25.5 Å². The first-order chi connectivity index (χ1) is 8.10. The number of carboxylic acids is 1. The number of aliphatic hydroxyl groups is 2. The molecule has 1 fully saturated rings. The van der Waals surface area contributed by atoms with E-state index in [1.54, 1.807) is 0 Å². The van der Waals surface area contributed by atoms with Crippen molar-refractivity contribution in [2.45, 2.75) is 31.3 Å². The fourth-order valence-corrected chi connectivity index (χ4v) is 1.56. The molecule has 0 heterocycles. The third-order valence-corrected chi connectivity index (χ3v) is 2.60. The van der Waals surface area contributed by atoms with E-state index >= 15 is 0 Å². The number of aliphatic carboxylic acids is 1. The highest BCUT2D eigenvalue weighted by atomic mass is 16.4. The number of hydrogen-bond donors (Lipinski definition) is 4. The molecule has 0 spiro atoms. The number of urea groups is 1. The van der Waals surface area contributed by atoms with E-state index in [2.05, 4.69) is 5.32 Å². The van der Waals surface area contributed by atoms with Crippen molar-refractivity contribution < 1.29 is 24.9 Å². The van der Waals surface area contributed by atoms with E-state index in [4.69, 9.17) is 15.3 Å². The van der Waals surface area contributed by atoms with Gasteiger partial charge in [0.1, 0.15) is 6.04 Å². The van der Waals surface area contributed by atoms with Gasteiger partial charge in [0.2, 0.25) is 0 Å². The Kier molecular flexibility index (Phi) is 5.17. The number of amides is 2. The van der Waals surface area contributed by atoms with E-state index in [0.717, 1.165) is 12.8 Å². The molecule has 0 aliphatic heterocycles. The topological polar surface area (TPSA) is 110 Å². The van der Waals surface area contributed by atoms with Gasteiger partial charge >= 0.3 is 12.0 Å². The molecule has 0 saturated heterocycles. The summed E-state index contributed by atoms with van der Waals surface area (Å²) in [4.78, 5) is 24.0. The predicted molar refractivity (Wildman–Crippen MR) is 58.5 cm³/mol. The van der Waals surface area contributed by atoms with Gasteiger partial charge in [0.25, 0.3) is 0 Å². The summed E-state index contributed by atoms with van der Waals surface area (Å²) in [6.07, 6.45) is 1.73. The zero-order valence-electron chi connectivity index (χ0n) is 9.50. The Morgan fingerprint density at radius 1 is 1.29 bits per heavy atom. The fourth-order valence-electron chi connectivity index (χ4n) is 1.56. The minimum Gasteiger partial charge on any atom is -0.480 e. The Labute approximate surface area is 99.0 Å². The highest BCUT2D eigenvalue weighted by molar-refractivity contribution is 5.82. The lowest BCUT2D eigenvalue weighted by Crippen LogP contribution is -2.49. The molecule has 2 amide bonds. The summed E-state index contributed by atoms with van der Waals surface area (Å²) in [6, 6.07) is -1.49. The van der Waals surface area contributed by atoms with Gasteiger partial charge in [-0.1, -0.05) is 0 Å². The highest BCUT2D eigenvalue weighted by Gasteiger charge is 2.33. The number of rotatable bonds is 7. The Bertz CT molecular complexity index is 280. The van der Waals surface area contributed by atoms with Gasteiger partial charge in [-0.05, 0) is 12.8 Å². The van der Waals surface area contributed by atoms with Crippen LogP contribution in [0.15, 0.2) is 0 Å². The first kappa shape index (κ1) is 13.7. The lowest BCUT2D eigenvalue weighted by atomic mass is 10.2. The number of carboxylic acid groups (broad SMARTS) is 1. The molecule has 1 unspecified atom stereocenters. The van der Waals surface area contributed by atoms with Crippen LogP contribution in [0.1, 0.15) is 19.3 Å². The maximum Gasteiger partial charge on any atom is 0.326 e. The summed E-state index contributed by atoms with van der Waals surface area (Å²) in [5.74, 6) is -1.17. The van der Waals surface area contributed by atoms with Gasteiger partial charge in [0, 0.05) is 25.6 Å². The minimum absolute atomic E-state index is 0.0291. The van der Waals surface area contributed by atoms with Crippen LogP contribution in [0, 0.1) is 0 Å². The van der Waals surface area contributed by atoms with Crippen molar-refractivity contribution in [2.24, 2.45) is 0 Å². The number of aliphatic hydroxyl groups excluding tert-OH is 2. The lowest BCUT2D eigenvalue weighted by Gasteiger charge is -2.24. The van der Waals surface area contributed by atoms with Gasteiger partial charge in [-0.3, -0.25) is 0 Å². The molecule has 1 rings (SSSR count). The van der Waals surface area contributed by atoms with E-state index in [1.165, 1.54) is 4.90 Å². The van der Waals surface area contributed by atoms with Crippen LogP contribution >= 0.6 is 0 Å². The van der Waals surface area contributed by atoms with Crippen LogP contribution in [0.4, 0.5) is 4.79 Å². The zero-order valence-corrected chi connectivity index (χ0v) is 9.50. The van der Waals surface area contributed by atoms with Crippen LogP contribution < -0.4 is 5.32 Å². The molecule has 0 aromatic carbocycles. The average Bonchev–Trinajstić information content (AvgIpc) is 3.08. The molecule has 0 aromatic heterocycles. The van der Waals surface area contributed by atoms with Crippen molar-refractivity contribution >= 4 is 12.0 Å². The highest BCUT2D eigenvalue weighted by Crippen LogP contribution is 2.26. The maximum atomic E-state index is 11.8. The van der Waals surface area contributed by atoms with Gasteiger partial charge in [0.05, 0.1) is 6.61 Å². The molecule has 98 valence electrons. The van der Waals surface area contributed by atoms with Crippen LogP contribution in [0.5, 0.6) is 0 Å². The fraction of sp³-hybridized carbons (Fsp3) is 0.800. The quantitative estimate of drug-likeness (QED) is 0.460. The van der Waals surface area contributed by atoms with Gasteiger partial charge in [-0.15, -0.1) is 0 Å². The Morgan fingerprint density at radius 3 is 2.35 bits per heavy atom. The first-order valence-electron chi connectivity index (χ1n) is 5.61. The van der Waals surface area contributed by atoms with Crippen molar-refractivity contribution in [1.82, 2.24) is 10.2 Å². The summed E-state index contributed by atoms with van der Waals surface area (Å²) < 4.78 is 0. The van der Waals surface area contributed by atoms with Crippen LogP contribution in [0.2, 0.25) is 0 Å². The second-order valence-corrected chi connectivity index (χ2v) is 4.00. The lowest BCUT2D eigenvalue weighted by molar-refractivity contribution is -0.139. The summed E-state index contributed by atoms with van der Waals surface area (Å²) in [5, 5.41) is 28.7. The molecule has 1 saturated carbocycles. The monoisotopic (exact) mass is 246 g/mol. The summed E-state index contributed by atoms with van der Waals surface area (Å²) in [7, 11) is 0. The van der Waals surface area contributed by atoms with Crippen molar-refractivity contribution in [1.29, 1.82) is 0 Å². The number of hydrogen-bond acceptors (Lipinski definition) is 4. The molecule has 0 aromatic rings. The third kappa shape index (κ3) is 4.20. The molecule has 0 bridgehead atoms. The minimum atomic E-state index is -1.17. The van der Waals surface area contributed by atoms with E-state index < -0.39 is 18.0 Å². The SMILES string of the molecule is O=C(O)C(CCO)NC(=O)N(CCO)C1CC1. The summed E-state index contributed by atoms with van der Waals surface area (Å²) in [6.45, 7) is -0.260. The molecule has 1 atom stereocenters. The first-order valence-corrected chi connectivity index (χ1v) is 5.61. The standard InChI is InChI=1S/C10H18N2O5/c13-5-3-8(9(15)16)11-10(17)12(4-6-14)7-1-2-7/h7-8,13-14H,1-6H2,(H,11,17)(H,15,16). The van der Waals surface area contributed by atoms with E-state index in [0.29, 0.717) is 0 Å². The molecule has 7 nitrogen and oxygen atoms in total. The van der Waals surface area contributed by atoms with E-state index in [-0.39, 0.29) is 32.2 Å². The molecule has 17 heavy (non-hydrogen) atoms. The molecular formula is C10H18N2O5. The summed E-state index contributed by atoms with van der Waals surface area (Å²) >= 11 is 0. The van der Waals surface area contributed by atoms with Crippen LogP contribution in [-0.2, 0) is 4.79 Å². The molecule has 0 radical (unpaired) electrons. The van der Waals surface area contributed by atoms with Crippen molar-refractivity contribution in [2.75, 3.05) is 19.8 Å². The van der Waals surface area contributed by atoms with E-state index in [1.807, 2.05) is 0 Å². The van der Waals surface area contributed by atoms with E-state index in [9.17, 15) is 9.59 Å². The maximum absolute atomic E-state index is 11.8. The zero-order chi connectivity index (χ0) is 12.8. The predicted octanol–water partition coefficient (Wildman–Crippen LogP) is -1.01. The largest absolute Gasteiger partial charge is 0.480 e. The van der Waals surface area contributed by atoms with Gasteiger partial charge in [0.15, 0.2) is 0 Å². The molecular weight excluding hydrogens is 228 g/mol. The van der Waals surface area contributed by atoms with Crippen molar-refractivity contribution in [3.63, 3.8) is 0 Å². The second-order valence-electron chi connectivity index (χ2n) is 4.00. The molecule has 7 heteroatoms. The normalized spacial score (nSPS) is 16.4. The van der Waals surface area contributed by atoms with Crippen LogP contribution in [0.25, 0.3) is 0 Å². The van der Waals surface area contributed by atoms with Crippen LogP contribution in [0.3, 0.4) is 0 Å². The number of nitrogens with one attached hydrogen (secondary N) is 1. The smallest absolute Gasteiger partial charge is 0.326 e. The number of carbonyl (C=O) groups is 2. The molecule has 1 aliphatic carbocycles. The van der Waals surface area contributed by atoms with Gasteiger partial charge in [-0.25, -0.2) is 9.59 Å².